The molecule has 0 fully saturated rings. The Balaban J connectivity index is 2.63. The predicted molar refractivity (Wildman–Crippen MR) is 74.6 cm³/mol. The molecule has 0 saturated carbocycles. The average Bonchev–Trinajstić information content (AvgIpc) is 2.94. The smallest absolute Gasteiger partial charge is 0.362 e. The van der Waals surface area contributed by atoms with E-state index in [2.05, 4.69) is 9.59 Å². The summed E-state index contributed by atoms with van der Waals surface area (Å²) in [4.78, 5) is 11.8. The fraction of sp³-hybridized carbons (Fsp3) is 0.364. The van der Waals surface area contributed by atoms with Gasteiger partial charge in [-0.25, -0.2) is 4.79 Å². The molecule has 0 radical (unpaired) electrons. The topological polar surface area (TPSA) is 87.6 Å². The maximum absolute atomic E-state index is 12.5. The largest absolute Gasteiger partial charge is 0.462 e. The van der Waals surface area contributed by atoms with Crippen molar-refractivity contribution in [3.05, 3.63) is 17.7 Å². The van der Waals surface area contributed by atoms with Crippen molar-refractivity contribution in [2.45, 2.75) is 6.92 Å². The minimum Gasteiger partial charge on any atom is -0.462 e. The van der Waals surface area contributed by atoms with E-state index in [9.17, 15) is 9.36 Å². The van der Waals surface area contributed by atoms with Crippen molar-refractivity contribution in [1.29, 1.82) is 0 Å². The van der Waals surface area contributed by atoms with Crippen LogP contribution in [0.25, 0.3) is 10.2 Å². The van der Waals surface area contributed by atoms with Gasteiger partial charge < -0.3 is 13.8 Å². The number of carbonyl (C=O) groups is 1. The van der Waals surface area contributed by atoms with Gasteiger partial charge in [0, 0.05) is 14.2 Å². The van der Waals surface area contributed by atoms with Gasteiger partial charge in [0.1, 0.15) is 5.52 Å². The molecule has 0 unspecified atom stereocenters. The summed E-state index contributed by atoms with van der Waals surface area (Å²) in [6, 6.07) is 3.00. The Morgan fingerprint density at radius 3 is 2.65 bits per heavy atom. The highest BCUT2D eigenvalue weighted by molar-refractivity contribution is 7.63. The van der Waals surface area contributed by atoms with E-state index < -0.39 is 13.6 Å². The van der Waals surface area contributed by atoms with Crippen LogP contribution >= 0.6 is 19.1 Å². The lowest BCUT2D eigenvalue weighted by Gasteiger charge is -2.14. The first-order chi connectivity index (χ1) is 9.57. The highest BCUT2D eigenvalue weighted by Gasteiger charge is 2.30. The quantitative estimate of drug-likeness (QED) is 0.615. The molecule has 0 N–H and O–H groups in total. The van der Waals surface area contributed by atoms with Gasteiger partial charge in [0.05, 0.1) is 22.2 Å². The first-order valence-corrected chi connectivity index (χ1v) is 8.03. The minimum absolute atomic E-state index is 0.258. The molecule has 0 spiro atoms. The molecule has 2 aromatic rings. The summed E-state index contributed by atoms with van der Waals surface area (Å²) in [6.07, 6.45) is 0. The number of carbonyl (C=O) groups excluding carboxylic acids is 1. The molecule has 7 nitrogen and oxygen atoms in total. The van der Waals surface area contributed by atoms with Crippen molar-refractivity contribution in [2.24, 2.45) is 0 Å². The number of esters is 1. The number of hydrogen-bond acceptors (Lipinski definition) is 8. The van der Waals surface area contributed by atoms with Crippen LogP contribution in [-0.2, 0) is 18.3 Å². The second-order valence-corrected chi connectivity index (χ2v) is 6.63. The molecule has 9 heteroatoms. The third kappa shape index (κ3) is 2.47. The molecule has 0 atom stereocenters. The summed E-state index contributed by atoms with van der Waals surface area (Å²) in [5.41, 5.74) is 0.610. The van der Waals surface area contributed by atoms with E-state index in [1.807, 2.05) is 0 Å². The molecular formula is C11H13N2O5PS. The van der Waals surface area contributed by atoms with Crippen LogP contribution in [0.3, 0.4) is 0 Å². The van der Waals surface area contributed by atoms with E-state index in [4.69, 9.17) is 13.8 Å². The van der Waals surface area contributed by atoms with Gasteiger partial charge in [0.25, 0.3) is 0 Å². The zero-order valence-electron chi connectivity index (χ0n) is 11.2. The van der Waals surface area contributed by atoms with Gasteiger partial charge in [-0.1, -0.05) is 4.49 Å². The van der Waals surface area contributed by atoms with Crippen LogP contribution in [0.2, 0.25) is 0 Å². The summed E-state index contributed by atoms with van der Waals surface area (Å²) in [5.74, 6) is -0.499. The Labute approximate surface area is 119 Å². The van der Waals surface area contributed by atoms with E-state index in [-0.39, 0.29) is 12.2 Å². The average molecular weight is 316 g/mol. The SMILES string of the molecule is CCOC(=O)c1ccc(P(=O)(OC)OC)c2snnc12. The standard InChI is InChI=1S/C11H13N2O5PS/c1-4-18-11(14)7-5-6-8(19(15,16-2)17-3)10-9(7)12-13-20-10/h5-6H,4H2,1-3H3. The van der Waals surface area contributed by atoms with Crippen molar-refractivity contribution >= 4 is 40.6 Å². The first-order valence-electron chi connectivity index (χ1n) is 5.71. The molecular weight excluding hydrogens is 303 g/mol. The van der Waals surface area contributed by atoms with Crippen LogP contribution in [0.1, 0.15) is 17.3 Å². The molecule has 1 heterocycles. The van der Waals surface area contributed by atoms with Gasteiger partial charge in [-0.15, -0.1) is 5.10 Å². The lowest BCUT2D eigenvalue weighted by molar-refractivity contribution is 0.0528. The molecule has 0 aliphatic rings. The van der Waals surface area contributed by atoms with Crippen LogP contribution in [0.5, 0.6) is 0 Å². The summed E-state index contributed by atoms with van der Waals surface area (Å²) in [7, 11) is -0.842. The number of rotatable bonds is 5. The van der Waals surface area contributed by atoms with Gasteiger partial charge in [0.2, 0.25) is 0 Å². The molecule has 0 amide bonds. The maximum atomic E-state index is 12.5. The number of fused-ring (bicyclic) bond motifs is 1. The molecule has 20 heavy (non-hydrogen) atoms. The van der Waals surface area contributed by atoms with Crippen LogP contribution in [-0.4, -0.2) is 36.4 Å². The van der Waals surface area contributed by atoms with Crippen molar-refractivity contribution < 1.29 is 23.1 Å². The van der Waals surface area contributed by atoms with E-state index in [1.54, 1.807) is 6.92 Å². The zero-order valence-corrected chi connectivity index (χ0v) is 12.9. The third-order valence-electron chi connectivity index (χ3n) is 2.65. The highest BCUT2D eigenvalue weighted by Crippen LogP contribution is 2.47. The number of aromatic nitrogens is 2. The molecule has 2 rings (SSSR count). The molecule has 0 aliphatic carbocycles. The molecule has 0 aliphatic heterocycles. The van der Waals surface area contributed by atoms with Gasteiger partial charge in [-0.05, 0) is 30.6 Å². The van der Waals surface area contributed by atoms with Crippen LogP contribution in [0.4, 0.5) is 0 Å². The van der Waals surface area contributed by atoms with Crippen LogP contribution in [0, 0.1) is 0 Å². The number of benzene rings is 1. The van der Waals surface area contributed by atoms with Crippen molar-refractivity contribution in [3.63, 3.8) is 0 Å². The van der Waals surface area contributed by atoms with Gasteiger partial charge in [-0.3, -0.25) is 4.57 Å². The maximum Gasteiger partial charge on any atom is 0.362 e. The number of nitrogens with zero attached hydrogens (tertiary/aromatic N) is 2. The highest BCUT2D eigenvalue weighted by atomic mass is 32.1. The minimum atomic E-state index is -3.43. The molecule has 1 aromatic carbocycles. The predicted octanol–water partition coefficient (Wildman–Crippen LogP) is 1.98. The lowest BCUT2D eigenvalue weighted by atomic mass is 10.2. The number of hydrogen-bond donors (Lipinski definition) is 0. The summed E-state index contributed by atoms with van der Waals surface area (Å²) >= 11 is 1.02. The Bertz CT molecular complexity index is 679. The fourth-order valence-corrected chi connectivity index (χ4v) is 3.93. The Kier molecular flexibility index (Phi) is 4.49. The summed E-state index contributed by atoms with van der Waals surface area (Å²) in [6.45, 7) is 1.97. The Morgan fingerprint density at radius 2 is 2.05 bits per heavy atom. The molecule has 108 valence electrons. The molecule has 0 bridgehead atoms. The zero-order chi connectivity index (χ0) is 14.8. The third-order valence-corrected chi connectivity index (χ3v) is 5.49. The van der Waals surface area contributed by atoms with Crippen molar-refractivity contribution in [1.82, 2.24) is 9.59 Å². The van der Waals surface area contributed by atoms with Crippen LogP contribution < -0.4 is 5.30 Å². The lowest BCUT2D eigenvalue weighted by Crippen LogP contribution is -2.12. The molecule has 1 aromatic heterocycles. The Morgan fingerprint density at radius 1 is 1.35 bits per heavy atom. The van der Waals surface area contributed by atoms with Gasteiger partial charge in [-0.2, -0.15) is 0 Å². The second-order valence-electron chi connectivity index (χ2n) is 3.67. The van der Waals surface area contributed by atoms with E-state index in [1.165, 1.54) is 26.4 Å². The van der Waals surface area contributed by atoms with Gasteiger partial charge in [0.15, 0.2) is 0 Å². The van der Waals surface area contributed by atoms with Crippen molar-refractivity contribution in [3.8, 4) is 0 Å². The Hall–Kier alpha value is -1.34. The summed E-state index contributed by atoms with van der Waals surface area (Å²) in [5, 5.41) is 4.23. The van der Waals surface area contributed by atoms with Crippen LogP contribution in [0.15, 0.2) is 12.1 Å². The fourth-order valence-electron chi connectivity index (χ4n) is 1.71. The normalized spacial score (nSPS) is 11.8. The molecule has 0 saturated heterocycles. The number of ether oxygens (including phenoxy) is 1. The van der Waals surface area contributed by atoms with Gasteiger partial charge >= 0.3 is 13.6 Å². The van der Waals surface area contributed by atoms with E-state index in [0.29, 0.717) is 15.5 Å². The van der Waals surface area contributed by atoms with Crippen molar-refractivity contribution in [2.75, 3.05) is 20.8 Å². The first kappa shape index (κ1) is 15.1. The van der Waals surface area contributed by atoms with E-state index in [0.717, 1.165) is 11.5 Å². The monoisotopic (exact) mass is 316 g/mol. The van der Waals surface area contributed by atoms with E-state index >= 15 is 0 Å². The summed E-state index contributed by atoms with van der Waals surface area (Å²) < 4.78 is 31.6. The second kappa shape index (κ2) is 5.97.